The third kappa shape index (κ3) is 4.36. The molecule has 4 aliphatic rings. The van der Waals surface area contributed by atoms with Crippen LogP contribution in [0.25, 0.3) is 0 Å². The molecule has 4 aliphatic heterocycles. The largest absolute Gasteiger partial charge is 0.466 e. The van der Waals surface area contributed by atoms with Crippen LogP contribution in [0.15, 0.2) is 12.7 Å². The molecule has 0 aliphatic carbocycles. The van der Waals surface area contributed by atoms with Crippen LogP contribution in [0, 0.1) is 11.8 Å². The van der Waals surface area contributed by atoms with E-state index in [0.717, 1.165) is 13.1 Å². The normalized spacial score (nSPS) is 32.6. The van der Waals surface area contributed by atoms with Crippen LogP contribution < -0.4 is 0 Å². The lowest BCUT2D eigenvalue weighted by atomic mass is 9.70. The molecule has 4 rings (SSSR count). The van der Waals surface area contributed by atoms with Gasteiger partial charge < -0.3 is 29.1 Å². The van der Waals surface area contributed by atoms with Gasteiger partial charge in [-0.3, -0.25) is 19.3 Å². The molecule has 2 amide bonds. The monoisotopic (exact) mass is 479 g/mol. The van der Waals surface area contributed by atoms with Crippen molar-refractivity contribution >= 4 is 17.8 Å². The summed E-state index contributed by atoms with van der Waals surface area (Å²) in [4.78, 5) is 46.0. The van der Waals surface area contributed by atoms with Gasteiger partial charge in [0.15, 0.2) is 0 Å². The quantitative estimate of drug-likeness (QED) is 0.317. The van der Waals surface area contributed by atoms with Crippen molar-refractivity contribution in [2.75, 3.05) is 65.7 Å². The van der Waals surface area contributed by atoms with Crippen molar-refractivity contribution in [3.05, 3.63) is 12.7 Å². The Morgan fingerprint density at radius 3 is 2.76 bits per heavy atom. The zero-order chi connectivity index (χ0) is 24.3. The number of esters is 1. The Bertz CT molecular complexity index is 787. The summed E-state index contributed by atoms with van der Waals surface area (Å²) in [5.41, 5.74) is -1.04. The van der Waals surface area contributed by atoms with Crippen molar-refractivity contribution in [2.45, 2.75) is 43.9 Å². The first-order valence-electron chi connectivity index (χ1n) is 12.4. The zero-order valence-corrected chi connectivity index (χ0v) is 20.0. The van der Waals surface area contributed by atoms with Gasteiger partial charge in [-0.2, -0.15) is 0 Å². The minimum Gasteiger partial charge on any atom is -0.466 e. The zero-order valence-electron chi connectivity index (χ0n) is 20.0. The number of aliphatic hydroxyl groups is 1. The topological polar surface area (TPSA) is 109 Å². The van der Waals surface area contributed by atoms with Crippen LogP contribution in [-0.2, 0) is 28.6 Å². The maximum absolute atomic E-state index is 14.0. The van der Waals surface area contributed by atoms with Gasteiger partial charge >= 0.3 is 5.97 Å². The first kappa shape index (κ1) is 25.1. The number of likely N-dealkylation sites (tertiary alicyclic amines) is 1. The Balaban J connectivity index is 1.60. The van der Waals surface area contributed by atoms with Crippen LogP contribution in [0.5, 0.6) is 0 Å². The Morgan fingerprint density at radius 2 is 2.09 bits per heavy atom. The fraction of sp³-hybridized carbons (Fsp3) is 0.792. The van der Waals surface area contributed by atoms with E-state index in [2.05, 4.69) is 11.5 Å². The summed E-state index contributed by atoms with van der Waals surface area (Å²) in [7, 11) is 0. The molecular weight excluding hydrogens is 442 g/mol. The minimum absolute atomic E-state index is 0.0967. The van der Waals surface area contributed by atoms with Gasteiger partial charge in [-0.15, -0.1) is 6.58 Å². The van der Waals surface area contributed by atoms with Gasteiger partial charge in [0.25, 0.3) is 0 Å². The molecule has 34 heavy (non-hydrogen) atoms. The molecule has 190 valence electrons. The van der Waals surface area contributed by atoms with E-state index in [9.17, 15) is 19.5 Å². The molecule has 4 heterocycles. The highest BCUT2D eigenvalue weighted by Gasteiger charge is 2.74. The molecule has 10 heteroatoms. The summed E-state index contributed by atoms with van der Waals surface area (Å²) in [5.74, 6) is -2.30. The Morgan fingerprint density at radius 1 is 1.32 bits per heavy atom. The van der Waals surface area contributed by atoms with E-state index in [0.29, 0.717) is 52.1 Å². The van der Waals surface area contributed by atoms with E-state index < -0.39 is 35.6 Å². The van der Waals surface area contributed by atoms with Crippen LogP contribution in [0.1, 0.15) is 26.2 Å². The molecule has 0 aromatic carbocycles. The minimum atomic E-state index is -1.04. The Kier molecular flexibility index (Phi) is 7.91. The summed E-state index contributed by atoms with van der Waals surface area (Å²) in [6.07, 6.45) is 2.78. The molecule has 2 bridgehead atoms. The number of nitrogens with zero attached hydrogens (tertiary/aromatic N) is 3. The standard InChI is InChI=1S/C24H37N3O7/c1-3-8-26(11-10-25-12-15-32-16-13-25)22(30)20-24-7-6-17(34-24)18(23(31)33-4-2)19(24)21(29)27(20)9-5-14-28/h3,17-20,28H,1,4-16H2,2H3/t17-,18+,19+,20-,24+/m0/s1. The van der Waals surface area contributed by atoms with Crippen molar-refractivity contribution in [1.29, 1.82) is 0 Å². The summed E-state index contributed by atoms with van der Waals surface area (Å²) in [6.45, 7) is 10.5. The van der Waals surface area contributed by atoms with Gasteiger partial charge in [0.1, 0.15) is 11.6 Å². The second-order valence-corrected chi connectivity index (χ2v) is 9.44. The smallest absolute Gasteiger partial charge is 0.312 e. The first-order valence-corrected chi connectivity index (χ1v) is 12.4. The lowest BCUT2D eigenvalue weighted by Gasteiger charge is -2.37. The molecule has 10 nitrogen and oxygen atoms in total. The highest BCUT2D eigenvalue weighted by molar-refractivity contribution is 5.98. The van der Waals surface area contributed by atoms with E-state index >= 15 is 0 Å². The third-order valence-electron chi connectivity index (χ3n) is 7.60. The van der Waals surface area contributed by atoms with Crippen molar-refractivity contribution in [3.63, 3.8) is 0 Å². The molecular formula is C24H37N3O7. The summed E-state index contributed by atoms with van der Waals surface area (Å²) in [6, 6.07) is -0.828. The first-order chi connectivity index (χ1) is 16.5. The molecule has 4 saturated heterocycles. The number of rotatable bonds is 11. The number of carbonyl (C=O) groups is 3. The number of aliphatic hydroxyl groups excluding tert-OH is 1. The molecule has 4 fully saturated rings. The number of hydrogen-bond donors (Lipinski definition) is 1. The van der Waals surface area contributed by atoms with Crippen LogP contribution >= 0.6 is 0 Å². The highest BCUT2D eigenvalue weighted by Crippen LogP contribution is 2.58. The number of ether oxygens (including phenoxy) is 3. The number of fused-ring (bicyclic) bond motifs is 1. The van der Waals surface area contributed by atoms with E-state index in [1.807, 2.05) is 0 Å². The third-order valence-corrected chi connectivity index (χ3v) is 7.60. The molecule has 0 aromatic rings. The Labute approximate surface area is 200 Å². The van der Waals surface area contributed by atoms with Crippen LogP contribution in [0.3, 0.4) is 0 Å². The molecule has 0 radical (unpaired) electrons. The van der Waals surface area contributed by atoms with Gasteiger partial charge in [0, 0.05) is 45.9 Å². The lowest BCUT2D eigenvalue weighted by Crippen LogP contribution is -2.57. The van der Waals surface area contributed by atoms with Crippen molar-refractivity contribution in [2.24, 2.45) is 11.8 Å². The average Bonchev–Trinajstić information content (AvgIpc) is 3.48. The summed E-state index contributed by atoms with van der Waals surface area (Å²) in [5, 5.41) is 9.43. The number of morpholine rings is 1. The molecule has 5 atom stereocenters. The second kappa shape index (κ2) is 10.7. The lowest BCUT2D eigenvalue weighted by molar-refractivity contribution is -0.155. The van der Waals surface area contributed by atoms with Gasteiger partial charge in [-0.1, -0.05) is 6.08 Å². The molecule has 0 unspecified atom stereocenters. The van der Waals surface area contributed by atoms with E-state index in [1.165, 1.54) is 0 Å². The van der Waals surface area contributed by atoms with Gasteiger partial charge in [-0.25, -0.2) is 0 Å². The SMILES string of the molecule is C=CCN(CCN1CCOCC1)C(=O)[C@@H]1N(CCCO)C(=O)[C@H]2[C@H](C(=O)OCC)[C@@H]3CC[C@]12O3. The second-order valence-electron chi connectivity index (χ2n) is 9.44. The summed E-state index contributed by atoms with van der Waals surface area (Å²) < 4.78 is 17.1. The van der Waals surface area contributed by atoms with Crippen LogP contribution in [-0.4, -0.2) is 121 Å². The maximum atomic E-state index is 14.0. The number of hydrogen-bond acceptors (Lipinski definition) is 8. The molecule has 0 aromatic heterocycles. The van der Waals surface area contributed by atoms with Gasteiger partial charge in [0.2, 0.25) is 11.8 Å². The van der Waals surface area contributed by atoms with Crippen molar-refractivity contribution < 1.29 is 33.7 Å². The van der Waals surface area contributed by atoms with Crippen LogP contribution in [0.2, 0.25) is 0 Å². The van der Waals surface area contributed by atoms with E-state index in [4.69, 9.17) is 14.2 Å². The van der Waals surface area contributed by atoms with Crippen molar-refractivity contribution in [1.82, 2.24) is 14.7 Å². The molecule has 1 spiro atoms. The predicted octanol–water partition coefficient (Wildman–Crippen LogP) is -0.347. The average molecular weight is 480 g/mol. The van der Waals surface area contributed by atoms with E-state index in [1.54, 1.807) is 22.8 Å². The predicted molar refractivity (Wildman–Crippen MR) is 122 cm³/mol. The Hall–Kier alpha value is -2.01. The van der Waals surface area contributed by atoms with Crippen molar-refractivity contribution in [3.8, 4) is 0 Å². The number of amides is 2. The van der Waals surface area contributed by atoms with Crippen LogP contribution in [0.4, 0.5) is 0 Å². The van der Waals surface area contributed by atoms with Gasteiger partial charge in [-0.05, 0) is 26.2 Å². The summed E-state index contributed by atoms with van der Waals surface area (Å²) >= 11 is 0. The fourth-order valence-electron chi connectivity index (χ4n) is 6.13. The molecule has 1 N–H and O–H groups in total. The number of carbonyl (C=O) groups excluding carboxylic acids is 3. The van der Waals surface area contributed by atoms with E-state index in [-0.39, 0.29) is 31.6 Å². The fourth-order valence-corrected chi connectivity index (χ4v) is 6.13. The maximum Gasteiger partial charge on any atom is 0.312 e. The van der Waals surface area contributed by atoms with Gasteiger partial charge in [0.05, 0.1) is 37.8 Å². The highest BCUT2D eigenvalue weighted by atomic mass is 16.6. The molecule has 0 saturated carbocycles.